The Kier molecular flexibility index (Phi) is 3.23. The third-order valence-electron chi connectivity index (χ3n) is 2.97. The number of rotatable bonds is 3. The fourth-order valence-corrected chi connectivity index (χ4v) is 2.21. The predicted octanol–water partition coefficient (Wildman–Crippen LogP) is 1.80. The maximum atomic E-state index is 12.1. The summed E-state index contributed by atoms with van der Waals surface area (Å²) in [5.74, 6) is -0.116. The van der Waals surface area contributed by atoms with Gasteiger partial charge in [0, 0.05) is 25.7 Å². The first kappa shape index (κ1) is 12.4. The molecule has 96 valence electrons. The first-order valence-electron chi connectivity index (χ1n) is 6.09. The number of carbonyl (C=O) groups excluding carboxylic acids is 1. The number of benzene rings is 1. The van der Waals surface area contributed by atoms with E-state index >= 15 is 0 Å². The fraction of sp³-hybridized carbons (Fsp3) is 0.385. The fourth-order valence-electron chi connectivity index (χ4n) is 2.21. The number of aromatic nitrogens is 2. The summed E-state index contributed by atoms with van der Waals surface area (Å²) in [6, 6.07) is 5.53. The summed E-state index contributed by atoms with van der Waals surface area (Å²) < 4.78 is 3.44. The Morgan fingerprint density at radius 3 is 2.33 bits per heavy atom. The highest BCUT2D eigenvalue weighted by Gasteiger charge is 2.11. The maximum absolute atomic E-state index is 12.1. The van der Waals surface area contributed by atoms with Crippen LogP contribution in [0.2, 0.25) is 0 Å². The van der Waals surface area contributed by atoms with Gasteiger partial charge in [-0.05, 0) is 32.0 Å². The van der Waals surface area contributed by atoms with Crippen LogP contribution in [0.5, 0.6) is 0 Å². The lowest BCUT2D eigenvalue weighted by Gasteiger charge is -2.03. The Bertz CT molecular complexity index is 652. The SMILES string of the molecule is CCn1c(=O)n(CC)c2cc(NC(C)=O)ccc21. The smallest absolute Gasteiger partial charge is 0.326 e. The molecule has 1 aromatic carbocycles. The van der Waals surface area contributed by atoms with Gasteiger partial charge >= 0.3 is 5.69 Å². The number of nitrogens with one attached hydrogen (secondary N) is 1. The van der Waals surface area contributed by atoms with Crippen LogP contribution in [0.15, 0.2) is 23.0 Å². The van der Waals surface area contributed by atoms with E-state index in [1.54, 1.807) is 9.13 Å². The minimum absolute atomic E-state index is 0.00465. The van der Waals surface area contributed by atoms with Crippen LogP contribution in [-0.2, 0) is 17.9 Å². The second-order valence-electron chi connectivity index (χ2n) is 4.16. The molecule has 1 heterocycles. The molecule has 0 spiro atoms. The number of hydrogen-bond acceptors (Lipinski definition) is 2. The number of fused-ring (bicyclic) bond motifs is 1. The zero-order chi connectivity index (χ0) is 13.3. The van der Waals surface area contributed by atoms with Crippen LogP contribution in [-0.4, -0.2) is 15.0 Å². The van der Waals surface area contributed by atoms with E-state index in [1.165, 1.54) is 6.92 Å². The lowest BCUT2D eigenvalue weighted by molar-refractivity contribution is -0.114. The van der Waals surface area contributed by atoms with Crippen molar-refractivity contribution in [3.05, 3.63) is 28.7 Å². The number of aryl methyl sites for hydroxylation is 2. The molecule has 2 aromatic rings. The third kappa shape index (κ3) is 1.92. The van der Waals surface area contributed by atoms with Crippen LogP contribution >= 0.6 is 0 Å². The molecule has 0 fully saturated rings. The molecule has 5 heteroatoms. The van der Waals surface area contributed by atoms with E-state index in [9.17, 15) is 9.59 Å². The summed E-state index contributed by atoms with van der Waals surface area (Å²) in [5.41, 5.74) is 2.47. The van der Waals surface area contributed by atoms with Gasteiger partial charge in [-0.2, -0.15) is 0 Å². The number of imidazole rings is 1. The lowest BCUT2D eigenvalue weighted by atomic mass is 10.2. The first-order valence-corrected chi connectivity index (χ1v) is 6.09. The molecule has 0 aliphatic rings. The molecule has 1 amide bonds. The van der Waals surface area contributed by atoms with Crippen molar-refractivity contribution in [3.8, 4) is 0 Å². The number of amides is 1. The topological polar surface area (TPSA) is 56.0 Å². The number of carbonyl (C=O) groups is 1. The van der Waals surface area contributed by atoms with Crippen LogP contribution in [0.25, 0.3) is 11.0 Å². The van der Waals surface area contributed by atoms with Crippen molar-refractivity contribution in [1.29, 1.82) is 0 Å². The zero-order valence-electron chi connectivity index (χ0n) is 10.9. The number of hydrogen-bond donors (Lipinski definition) is 1. The van der Waals surface area contributed by atoms with Gasteiger partial charge in [-0.1, -0.05) is 0 Å². The molecule has 2 rings (SSSR count). The average molecular weight is 247 g/mol. The average Bonchev–Trinajstić information content (AvgIpc) is 2.58. The molecule has 5 nitrogen and oxygen atoms in total. The molecule has 0 atom stereocenters. The first-order chi connectivity index (χ1) is 8.58. The Labute approximate surface area is 105 Å². The second-order valence-corrected chi connectivity index (χ2v) is 4.16. The molecule has 1 aromatic heterocycles. The van der Waals surface area contributed by atoms with Crippen molar-refractivity contribution in [2.75, 3.05) is 5.32 Å². The van der Waals surface area contributed by atoms with E-state index in [4.69, 9.17) is 0 Å². The molecule has 0 aliphatic carbocycles. The minimum atomic E-state index is -0.116. The van der Waals surface area contributed by atoms with Crippen molar-refractivity contribution >= 4 is 22.6 Å². The Morgan fingerprint density at radius 2 is 1.78 bits per heavy atom. The largest absolute Gasteiger partial charge is 0.329 e. The monoisotopic (exact) mass is 247 g/mol. The third-order valence-corrected chi connectivity index (χ3v) is 2.97. The molecule has 1 N–H and O–H groups in total. The predicted molar refractivity (Wildman–Crippen MR) is 71.8 cm³/mol. The van der Waals surface area contributed by atoms with Crippen LogP contribution < -0.4 is 11.0 Å². The standard InChI is InChI=1S/C13H17N3O2/c1-4-15-11-7-6-10(14-9(3)17)8-12(11)16(5-2)13(15)18/h6-8H,4-5H2,1-3H3,(H,14,17). The summed E-state index contributed by atoms with van der Waals surface area (Å²) in [4.78, 5) is 23.2. The lowest BCUT2D eigenvalue weighted by Crippen LogP contribution is -2.23. The van der Waals surface area contributed by atoms with Crippen LogP contribution in [0, 0.1) is 0 Å². The van der Waals surface area contributed by atoms with Crippen molar-refractivity contribution in [1.82, 2.24) is 9.13 Å². The molecule has 0 saturated heterocycles. The van der Waals surface area contributed by atoms with E-state index < -0.39 is 0 Å². The van der Waals surface area contributed by atoms with E-state index in [2.05, 4.69) is 5.32 Å². The van der Waals surface area contributed by atoms with E-state index in [0.717, 1.165) is 11.0 Å². The molecular formula is C13H17N3O2. The summed E-state index contributed by atoms with van der Waals surface area (Å²) in [5, 5.41) is 2.73. The highest BCUT2D eigenvalue weighted by atomic mass is 16.2. The van der Waals surface area contributed by atoms with Gasteiger partial charge in [-0.25, -0.2) is 4.79 Å². The van der Waals surface area contributed by atoms with Crippen molar-refractivity contribution in [2.45, 2.75) is 33.9 Å². The van der Waals surface area contributed by atoms with Crippen molar-refractivity contribution in [2.24, 2.45) is 0 Å². The normalized spacial score (nSPS) is 10.8. The van der Waals surface area contributed by atoms with E-state index in [0.29, 0.717) is 18.8 Å². The van der Waals surface area contributed by atoms with Gasteiger partial charge in [0.15, 0.2) is 0 Å². The molecule has 0 unspecified atom stereocenters. The van der Waals surface area contributed by atoms with Gasteiger partial charge in [0.2, 0.25) is 5.91 Å². The summed E-state index contributed by atoms with van der Waals surface area (Å²) in [6.45, 7) is 6.61. The minimum Gasteiger partial charge on any atom is -0.326 e. The van der Waals surface area contributed by atoms with Crippen LogP contribution in [0.1, 0.15) is 20.8 Å². The van der Waals surface area contributed by atoms with Crippen molar-refractivity contribution in [3.63, 3.8) is 0 Å². The van der Waals surface area contributed by atoms with E-state index in [1.807, 2.05) is 32.0 Å². The van der Waals surface area contributed by atoms with Crippen molar-refractivity contribution < 1.29 is 4.79 Å². The number of anilines is 1. The highest BCUT2D eigenvalue weighted by Crippen LogP contribution is 2.18. The number of nitrogens with zero attached hydrogens (tertiary/aromatic N) is 2. The van der Waals surface area contributed by atoms with Gasteiger partial charge < -0.3 is 5.32 Å². The Hall–Kier alpha value is -2.04. The molecular weight excluding hydrogens is 230 g/mol. The molecule has 0 bridgehead atoms. The molecule has 0 aliphatic heterocycles. The Morgan fingerprint density at radius 1 is 1.17 bits per heavy atom. The maximum Gasteiger partial charge on any atom is 0.329 e. The van der Waals surface area contributed by atoms with Gasteiger partial charge in [0.05, 0.1) is 11.0 Å². The highest BCUT2D eigenvalue weighted by molar-refractivity contribution is 5.91. The van der Waals surface area contributed by atoms with Crippen LogP contribution in [0.4, 0.5) is 5.69 Å². The molecule has 0 saturated carbocycles. The van der Waals surface area contributed by atoms with Gasteiger partial charge in [-0.3, -0.25) is 13.9 Å². The second kappa shape index (κ2) is 4.68. The quantitative estimate of drug-likeness (QED) is 0.899. The van der Waals surface area contributed by atoms with Crippen LogP contribution in [0.3, 0.4) is 0 Å². The van der Waals surface area contributed by atoms with Gasteiger partial charge in [0.1, 0.15) is 0 Å². The molecule has 0 radical (unpaired) electrons. The van der Waals surface area contributed by atoms with Gasteiger partial charge in [-0.15, -0.1) is 0 Å². The Balaban J connectivity index is 2.68. The molecule has 18 heavy (non-hydrogen) atoms. The van der Waals surface area contributed by atoms with Gasteiger partial charge in [0.25, 0.3) is 0 Å². The zero-order valence-corrected chi connectivity index (χ0v) is 10.9. The van der Waals surface area contributed by atoms with E-state index in [-0.39, 0.29) is 11.6 Å². The summed E-state index contributed by atoms with van der Waals surface area (Å²) in [6.07, 6.45) is 0. The summed E-state index contributed by atoms with van der Waals surface area (Å²) in [7, 11) is 0. The summed E-state index contributed by atoms with van der Waals surface area (Å²) >= 11 is 0.